The van der Waals surface area contributed by atoms with Crippen LogP contribution in [0.4, 0.5) is 17.1 Å². The number of imide groups is 1. The maximum atomic E-state index is 13.8. The van der Waals surface area contributed by atoms with Crippen LogP contribution in [0.25, 0.3) is 0 Å². The lowest BCUT2D eigenvalue weighted by Gasteiger charge is -2.16. The average Bonchev–Trinajstić information content (AvgIpc) is 3.57. The molecule has 10 heteroatoms. The molecular weight excluding hydrogens is 566 g/mol. The first-order valence-electron chi connectivity index (χ1n) is 13.4. The van der Waals surface area contributed by atoms with Crippen LogP contribution in [0, 0.1) is 13.8 Å². The Morgan fingerprint density at radius 2 is 1.56 bits per heavy atom. The molecule has 43 heavy (non-hydrogen) atoms. The number of hydrogen-bond donors (Lipinski definition) is 2. The lowest BCUT2D eigenvalue weighted by atomic mass is 10.2. The zero-order chi connectivity index (χ0) is 30.1. The highest BCUT2D eigenvalue weighted by molar-refractivity contribution is 8.04. The van der Waals surface area contributed by atoms with Gasteiger partial charge in [0.05, 0.1) is 18.5 Å². The van der Waals surface area contributed by atoms with Gasteiger partial charge in [-0.05, 0) is 86.1 Å². The van der Waals surface area contributed by atoms with Crippen molar-refractivity contribution in [2.24, 2.45) is 0 Å². The lowest BCUT2D eigenvalue weighted by molar-refractivity contribution is -0.120. The van der Waals surface area contributed by atoms with Crippen LogP contribution in [0.15, 0.2) is 100 Å². The van der Waals surface area contributed by atoms with E-state index < -0.39 is 11.8 Å². The van der Waals surface area contributed by atoms with Gasteiger partial charge in [-0.1, -0.05) is 35.5 Å². The molecule has 0 unspecified atom stereocenters. The van der Waals surface area contributed by atoms with E-state index in [1.54, 1.807) is 67.8 Å². The summed E-state index contributed by atoms with van der Waals surface area (Å²) in [5.74, 6) is 0.462. The first kappa shape index (κ1) is 27.9. The second-order valence-corrected chi connectivity index (χ2v) is 11.0. The molecule has 216 valence electrons. The number of carbonyl (C=O) groups excluding carboxylic acids is 3. The van der Waals surface area contributed by atoms with Gasteiger partial charge in [0.25, 0.3) is 17.7 Å². The minimum absolute atomic E-state index is 0.128. The number of benzene rings is 4. The first-order chi connectivity index (χ1) is 20.8. The van der Waals surface area contributed by atoms with E-state index >= 15 is 0 Å². The van der Waals surface area contributed by atoms with Gasteiger partial charge in [-0.25, -0.2) is 4.90 Å². The van der Waals surface area contributed by atoms with Crippen LogP contribution >= 0.6 is 11.8 Å². The summed E-state index contributed by atoms with van der Waals surface area (Å²) in [7, 11) is 1.55. The number of anilines is 3. The van der Waals surface area contributed by atoms with Gasteiger partial charge in [-0.15, -0.1) is 0 Å². The Balaban J connectivity index is 1.26. The number of thioether (sulfide) groups is 1. The average molecular weight is 594 g/mol. The van der Waals surface area contributed by atoms with Gasteiger partial charge in [-0.2, -0.15) is 0 Å². The van der Waals surface area contributed by atoms with E-state index in [-0.39, 0.29) is 23.3 Å². The molecule has 4 aromatic carbocycles. The molecule has 0 radical (unpaired) electrons. The third kappa shape index (κ3) is 5.64. The molecule has 0 saturated carbocycles. The smallest absolute Gasteiger partial charge is 0.283 e. The molecule has 2 N–H and O–H groups in total. The number of nitrogens with zero attached hydrogens (tertiary/aromatic N) is 1. The van der Waals surface area contributed by atoms with Crippen LogP contribution in [0.1, 0.15) is 21.5 Å². The quantitative estimate of drug-likeness (QED) is 0.230. The van der Waals surface area contributed by atoms with Gasteiger partial charge in [0.15, 0.2) is 11.5 Å². The monoisotopic (exact) mass is 593 g/mol. The van der Waals surface area contributed by atoms with E-state index in [0.717, 1.165) is 11.1 Å². The molecule has 3 amide bonds. The number of nitrogens with one attached hydrogen (secondary N) is 2. The molecule has 4 aromatic rings. The molecule has 0 fully saturated rings. The molecule has 2 heterocycles. The highest BCUT2D eigenvalue weighted by Crippen LogP contribution is 2.40. The highest BCUT2D eigenvalue weighted by atomic mass is 32.2. The van der Waals surface area contributed by atoms with Crippen LogP contribution in [0.2, 0.25) is 0 Å². The summed E-state index contributed by atoms with van der Waals surface area (Å²) in [6.07, 6.45) is 0. The van der Waals surface area contributed by atoms with Gasteiger partial charge >= 0.3 is 0 Å². The van der Waals surface area contributed by atoms with E-state index in [0.29, 0.717) is 44.8 Å². The van der Waals surface area contributed by atoms with Crippen molar-refractivity contribution in [1.82, 2.24) is 0 Å². The first-order valence-corrected chi connectivity index (χ1v) is 14.2. The summed E-state index contributed by atoms with van der Waals surface area (Å²) in [4.78, 5) is 42.4. The predicted molar refractivity (Wildman–Crippen MR) is 165 cm³/mol. The topological polar surface area (TPSA) is 106 Å². The normalized spacial score (nSPS) is 13.9. The van der Waals surface area contributed by atoms with Crippen LogP contribution in [0.3, 0.4) is 0 Å². The molecule has 0 bridgehead atoms. The third-order valence-corrected chi connectivity index (χ3v) is 8.01. The van der Waals surface area contributed by atoms with E-state index in [1.807, 2.05) is 38.1 Å². The van der Waals surface area contributed by atoms with Crippen molar-refractivity contribution >= 4 is 46.5 Å². The minimum atomic E-state index is -0.465. The van der Waals surface area contributed by atoms with Crippen molar-refractivity contribution in [2.75, 3.05) is 29.4 Å². The van der Waals surface area contributed by atoms with Crippen molar-refractivity contribution < 1.29 is 28.6 Å². The number of hydrogen-bond acceptors (Lipinski definition) is 8. The molecule has 0 spiro atoms. The molecule has 0 atom stereocenters. The summed E-state index contributed by atoms with van der Waals surface area (Å²) in [5.41, 5.74) is 4.18. The fourth-order valence-corrected chi connectivity index (χ4v) is 5.59. The molecular formula is C33H27N3O6S. The van der Waals surface area contributed by atoms with E-state index in [4.69, 9.17) is 14.2 Å². The fourth-order valence-electron chi connectivity index (χ4n) is 4.66. The van der Waals surface area contributed by atoms with Crippen molar-refractivity contribution in [2.45, 2.75) is 18.7 Å². The van der Waals surface area contributed by atoms with Gasteiger partial charge in [0, 0.05) is 16.1 Å². The van der Waals surface area contributed by atoms with Crippen molar-refractivity contribution in [3.63, 3.8) is 0 Å². The highest BCUT2D eigenvalue weighted by Gasteiger charge is 2.40. The van der Waals surface area contributed by atoms with Crippen LogP contribution in [0.5, 0.6) is 17.2 Å². The molecule has 0 aliphatic carbocycles. The number of ether oxygens (including phenoxy) is 3. The van der Waals surface area contributed by atoms with Gasteiger partial charge in [-0.3, -0.25) is 14.4 Å². The van der Waals surface area contributed by atoms with E-state index in [9.17, 15) is 14.4 Å². The summed E-state index contributed by atoms with van der Waals surface area (Å²) in [5, 5.41) is 6.05. The molecule has 2 aliphatic rings. The zero-order valence-corrected chi connectivity index (χ0v) is 24.4. The standard InChI is InChI=1S/C33H27N3O6S/c1-19-4-10-23(11-5-19)36-32(38)29(35-25-16-20(2)6-14-26(25)40-3)30(33(36)39)43-24-12-8-22(9-13-24)34-31(37)21-7-15-27-28(17-21)42-18-41-27/h4-17,35H,18H2,1-3H3,(H,34,37). The molecule has 2 aliphatic heterocycles. The fraction of sp³-hybridized carbons (Fsp3) is 0.121. The number of amides is 3. The Labute approximate surface area is 252 Å². The summed E-state index contributed by atoms with van der Waals surface area (Å²) in [6.45, 7) is 4.00. The van der Waals surface area contributed by atoms with Crippen molar-refractivity contribution in [3.8, 4) is 17.2 Å². The molecule has 0 saturated heterocycles. The SMILES string of the molecule is COc1ccc(C)cc1NC1=C(Sc2ccc(NC(=O)c3ccc4c(c3)OCO4)cc2)C(=O)N(c2ccc(C)cc2)C1=O. The van der Waals surface area contributed by atoms with Gasteiger partial charge in [0.1, 0.15) is 16.4 Å². The maximum Gasteiger partial charge on any atom is 0.283 e. The largest absolute Gasteiger partial charge is 0.495 e. The number of fused-ring (bicyclic) bond motifs is 1. The van der Waals surface area contributed by atoms with Gasteiger partial charge in [0.2, 0.25) is 6.79 Å². The Morgan fingerprint density at radius 1 is 0.837 bits per heavy atom. The Bertz CT molecular complexity index is 1780. The zero-order valence-electron chi connectivity index (χ0n) is 23.6. The predicted octanol–water partition coefficient (Wildman–Crippen LogP) is 6.28. The Kier molecular flexibility index (Phi) is 7.52. The Hall–Kier alpha value is -5.22. The van der Waals surface area contributed by atoms with Crippen LogP contribution < -0.4 is 29.7 Å². The van der Waals surface area contributed by atoms with E-state index in [1.165, 1.54) is 16.7 Å². The van der Waals surface area contributed by atoms with Crippen LogP contribution in [-0.4, -0.2) is 31.6 Å². The van der Waals surface area contributed by atoms with Crippen LogP contribution in [-0.2, 0) is 9.59 Å². The number of methoxy groups -OCH3 is 1. The minimum Gasteiger partial charge on any atom is -0.495 e. The second-order valence-electron chi connectivity index (χ2n) is 9.96. The molecule has 0 aromatic heterocycles. The number of rotatable bonds is 8. The molecule has 9 nitrogen and oxygen atoms in total. The Morgan fingerprint density at radius 3 is 2.30 bits per heavy atom. The van der Waals surface area contributed by atoms with Gasteiger partial charge < -0.3 is 24.8 Å². The summed E-state index contributed by atoms with van der Waals surface area (Å²) in [6, 6.07) is 24.8. The molecule has 6 rings (SSSR count). The maximum absolute atomic E-state index is 13.8. The lowest BCUT2D eigenvalue weighted by Crippen LogP contribution is -2.32. The van der Waals surface area contributed by atoms with Crippen molar-refractivity contribution in [3.05, 3.63) is 112 Å². The second kappa shape index (κ2) is 11.6. The van der Waals surface area contributed by atoms with E-state index in [2.05, 4.69) is 10.6 Å². The number of aryl methyl sites for hydroxylation is 2. The summed E-state index contributed by atoms with van der Waals surface area (Å²) < 4.78 is 16.2. The third-order valence-electron chi connectivity index (χ3n) is 6.92. The summed E-state index contributed by atoms with van der Waals surface area (Å²) >= 11 is 1.17. The number of carbonyl (C=O) groups is 3. The van der Waals surface area contributed by atoms with Crippen molar-refractivity contribution in [1.29, 1.82) is 0 Å².